The zero-order chi connectivity index (χ0) is 21.3. The summed E-state index contributed by atoms with van der Waals surface area (Å²) in [6.45, 7) is -1.04. The maximum atomic E-state index is 12.6. The summed E-state index contributed by atoms with van der Waals surface area (Å²) < 4.78 is 6.36. The summed E-state index contributed by atoms with van der Waals surface area (Å²) in [5.41, 5.74) is 0.0267. The second kappa shape index (κ2) is 8.06. The highest BCUT2D eigenvalue weighted by Crippen LogP contribution is 2.37. The molecule has 2 heterocycles. The molecule has 9 heteroatoms. The lowest BCUT2D eigenvalue weighted by Gasteiger charge is -2.19. The van der Waals surface area contributed by atoms with Crippen molar-refractivity contribution in [3.8, 4) is 6.07 Å². The number of benzene rings is 1. The minimum Gasteiger partial charge on any atom is -0.456 e. The van der Waals surface area contributed by atoms with Crippen LogP contribution in [0.25, 0.3) is 10.9 Å². The lowest BCUT2D eigenvalue weighted by Crippen LogP contribution is -2.37. The number of fused-ring (bicyclic) bond motifs is 2. The van der Waals surface area contributed by atoms with Crippen LogP contribution in [0.5, 0.6) is 0 Å². The molecule has 0 N–H and O–H groups in total. The fourth-order valence-electron chi connectivity index (χ4n) is 4.26. The van der Waals surface area contributed by atoms with Gasteiger partial charge in [0.1, 0.15) is 19.7 Å². The van der Waals surface area contributed by atoms with Gasteiger partial charge in [-0.3, -0.25) is 28.6 Å². The molecule has 2 fully saturated rings. The molecule has 30 heavy (non-hydrogen) atoms. The van der Waals surface area contributed by atoms with Crippen LogP contribution in [0.4, 0.5) is 0 Å². The molecule has 0 unspecified atom stereocenters. The Bertz CT molecular complexity index is 1110. The quantitative estimate of drug-likeness (QED) is 0.537. The largest absolute Gasteiger partial charge is 0.456 e. The van der Waals surface area contributed by atoms with Crippen LogP contribution in [0.15, 0.2) is 29.1 Å². The molecule has 0 radical (unpaired) electrons. The van der Waals surface area contributed by atoms with Crippen molar-refractivity contribution in [2.24, 2.45) is 11.8 Å². The van der Waals surface area contributed by atoms with Crippen LogP contribution >= 0.6 is 0 Å². The number of likely N-dealkylation sites (tertiary alicyclic amines) is 1. The van der Waals surface area contributed by atoms with Gasteiger partial charge in [0.25, 0.3) is 5.56 Å². The topological polar surface area (TPSA) is 122 Å². The summed E-state index contributed by atoms with van der Waals surface area (Å²) in [5, 5.41) is 9.40. The highest BCUT2D eigenvalue weighted by atomic mass is 16.5. The number of hydrogen-bond donors (Lipinski definition) is 0. The number of imide groups is 1. The van der Waals surface area contributed by atoms with Crippen LogP contribution in [0.2, 0.25) is 0 Å². The van der Waals surface area contributed by atoms with Crippen LogP contribution in [0.3, 0.4) is 0 Å². The molecule has 0 bridgehead atoms. The molecule has 9 nitrogen and oxygen atoms in total. The van der Waals surface area contributed by atoms with Gasteiger partial charge in [0.15, 0.2) is 5.82 Å². The van der Waals surface area contributed by atoms with Crippen LogP contribution in [-0.4, -0.2) is 38.8 Å². The standard InChI is InChI=1S/C21H20N4O5/c22-9-10-24-17(23-16-8-4-3-7-15(16)21(24)29)12-30-18(26)11-25-19(27)13-5-1-2-6-14(13)20(25)28/h3-4,7-8,13-14H,1-2,5-6,10-12H2/t13-,14-/m0/s1. The van der Waals surface area contributed by atoms with E-state index in [-0.39, 0.29) is 42.6 Å². The lowest BCUT2D eigenvalue weighted by molar-refractivity contribution is -0.154. The molecule has 1 saturated heterocycles. The summed E-state index contributed by atoms with van der Waals surface area (Å²) >= 11 is 0. The molecule has 1 aromatic heterocycles. The predicted octanol–water partition coefficient (Wildman–Crippen LogP) is 1.14. The van der Waals surface area contributed by atoms with Crippen molar-refractivity contribution in [2.45, 2.75) is 38.8 Å². The monoisotopic (exact) mass is 408 g/mol. The zero-order valence-corrected chi connectivity index (χ0v) is 16.2. The molecule has 1 aromatic carbocycles. The molecule has 1 saturated carbocycles. The lowest BCUT2D eigenvalue weighted by atomic mass is 9.81. The number of carbonyl (C=O) groups is 3. The third-order valence-corrected chi connectivity index (χ3v) is 5.75. The van der Waals surface area contributed by atoms with E-state index >= 15 is 0 Å². The summed E-state index contributed by atoms with van der Waals surface area (Å²) in [4.78, 5) is 55.3. The van der Waals surface area contributed by atoms with Gasteiger partial charge in [-0.1, -0.05) is 25.0 Å². The van der Waals surface area contributed by atoms with Crippen molar-refractivity contribution in [3.05, 3.63) is 40.4 Å². The van der Waals surface area contributed by atoms with E-state index in [1.807, 2.05) is 6.07 Å². The van der Waals surface area contributed by atoms with E-state index in [1.165, 1.54) is 0 Å². The Morgan fingerprint density at radius 3 is 2.47 bits per heavy atom. The van der Waals surface area contributed by atoms with Crippen LogP contribution in [-0.2, 0) is 32.3 Å². The molecular weight excluding hydrogens is 388 g/mol. The predicted molar refractivity (Wildman–Crippen MR) is 104 cm³/mol. The van der Waals surface area contributed by atoms with Gasteiger partial charge < -0.3 is 4.74 Å². The Morgan fingerprint density at radius 2 is 1.80 bits per heavy atom. The first-order valence-electron chi connectivity index (χ1n) is 9.87. The highest BCUT2D eigenvalue weighted by Gasteiger charge is 2.48. The number of nitrogens with zero attached hydrogens (tertiary/aromatic N) is 4. The number of amides is 2. The van der Waals surface area contributed by atoms with Crippen LogP contribution < -0.4 is 5.56 Å². The van der Waals surface area contributed by atoms with Crippen molar-refractivity contribution >= 4 is 28.7 Å². The van der Waals surface area contributed by atoms with Crippen molar-refractivity contribution in [1.29, 1.82) is 5.26 Å². The normalized spacial score (nSPS) is 20.8. The maximum Gasteiger partial charge on any atom is 0.326 e. The summed E-state index contributed by atoms with van der Waals surface area (Å²) in [6.07, 6.45) is 3.15. The third kappa shape index (κ3) is 3.45. The van der Waals surface area contributed by atoms with Crippen molar-refractivity contribution < 1.29 is 19.1 Å². The van der Waals surface area contributed by atoms with Gasteiger partial charge in [0.05, 0.1) is 28.8 Å². The number of aromatic nitrogens is 2. The number of para-hydroxylation sites is 1. The van der Waals surface area contributed by atoms with Crippen molar-refractivity contribution in [2.75, 3.05) is 6.54 Å². The molecular formula is C21H20N4O5. The van der Waals surface area contributed by atoms with Gasteiger partial charge in [0.2, 0.25) is 11.8 Å². The second-order valence-electron chi connectivity index (χ2n) is 7.52. The molecule has 1 aliphatic carbocycles. The van der Waals surface area contributed by atoms with E-state index in [2.05, 4.69) is 4.98 Å². The van der Waals surface area contributed by atoms with E-state index < -0.39 is 18.1 Å². The van der Waals surface area contributed by atoms with Gasteiger partial charge in [-0.2, -0.15) is 5.26 Å². The van der Waals surface area contributed by atoms with Gasteiger partial charge >= 0.3 is 5.97 Å². The van der Waals surface area contributed by atoms with Crippen molar-refractivity contribution in [3.63, 3.8) is 0 Å². The number of nitriles is 1. The first kappa shape index (κ1) is 19.8. The molecule has 2 aliphatic rings. The Kier molecular flexibility index (Phi) is 5.31. The van der Waals surface area contributed by atoms with Gasteiger partial charge in [-0.05, 0) is 25.0 Å². The van der Waals surface area contributed by atoms with Gasteiger partial charge in [-0.25, -0.2) is 4.98 Å². The molecule has 4 rings (SSSR count). The molecule has 2 aromatic rings. The Labute approximate surface area is 171 Å². The first-order valence-corrected chi connectivity index (χ1v) is 9.87. The van der Waals surface area contributed by atoms with E-state index in [0.29, 0.717) is 23.7 Å². The zero-order valence-electron chi connectivity index (χ0n) is 16.2. The maximum absolute atomic E-state index is 12.6. The smallest absolute Gasteiger partial charge is 0.326 e. The Morgan fingerprint density at radius 1 is 1.13 bits per heavy atom. The summed E-state index contributed by atoms with van der Waals surface area (Å²) in [5.74, 6) is -1.93. The average molecular weight is 408 g/mol. The summed E-state index contributed by atoms with van der Waals surface area (Å²) in [6, 6.07) is 8.59. The van der Waals surface area contributed by atoms with Gasteiger partial charge in [0, 0.05) is 0 Å². The summed E-state index contributed by atoms with van der Waals surface area (Å²) in [7, 11) is 0. The number of hydrogen-bond acceptors (Lipinski definition) is 7. The fourth-order valence-corrected chi connectivity index (χ4v) is 4.26. The Hall–Kier alpha value is -3.54. The number of carbonyl (C=O) groups excluding carboxylic acids is 3. The van der Waals surface area contributed by atoms with Crippen LogP contribution in [0, 0.1) is 23.2 Å². The van der Waals surface area contributed by atoms with E-state index in [1.54, 1.807) is 24.3 Å². The highest BCUT2D eigenvalue weighted by molar-refractivity contribution is 6.07. The number of rotatable bonds is 5. The molecule has 0 spiro atoms. The average Bonchev–Trinajstić information content (AvgIpc) is 3.00. The SMILES string of the molecule is N#CCn1c(COC(=O)CN2C(=O)[C@H]3CCCC[C@@H]3C2=O)nc2ccccc2c1=O. The second-order valence-corrected chi connectivity index (χ2v) is 7.52. The van der Waals surface area contributed by atoms with E-state index in [4.69, 9.17) is 10.00 Å². The molecule has 154 valence electrons. The minimum absolute atomic E-state index is 0.126. The molecule has 1 aliphatic heterocycles. The number of esters is 1. The van der Waals surface area contributed by atoms with E-state index in [0.717, 1.165) is 22.3 Å². The minimum atomic E-state index is -0.763. The Balaban J connectivity index is 1.49. The van der Waals surface area contributed by atoms with Crippen molar-refractivity contribution in [1.82, 2.24) is 14.5 Å². The molecule has 2 amide bonds. The molecule has 2 atom stereocenters. The van der Waals surface area contributed by atoms with Crippen LogP contribution in [0.1, 0.15) is 31.5 Å². The first-order chi connectivity index (χ1) is 14.5. The third-order valence-electron chi connectivity index (χ3n) is 5.75. The van der Waals surface area contributed by atoms with Gasteiger partial charge in [-0.15, -0.1) is 0 Å². The van der Waals surface area contributed by atoms with E-state index in [9.17, 15) is 19.2 Å². The number of ether oxygens (including phenoxy) is 1. The fraction of sp³-hybridized carbons (Fsp3) is 0.429.